The van der Waals surface area contributed by atoms with Gasteiger partial charge in [-0.05, 0) is 50.2 Å². The maximum atomic E-state index is 12.5. The van der Waals surface area contributed by atoms with Crippen LogP contribution >= 0.6 is 22.9 Å². The second-order valence-electron chi connectivity index (χ2n) is 7.32. The van der Waals surface area contributed by atoms with Crippen LogP contribution in [-0.2, 0) is 17.8 Å². The van der Waals surface area contributed by atoms with Crippen LogP contribution in [0.4, 0.5) is 5.69 Å². The van der Waals surface area contributed by atoms with E-state index in [0.717, 1.165) is 43.4 Å². The minimum atomic E-state index is -0.0684. The summed E-state index contributed by atoms with van der Waals surface area (Å²) >= 11 is 7.62. The predicted octanol–water partition coefficient (Wildman–Crippen LogP) is 3.57. The van der Waals surface area contributed by atoms with Crippen LogP contribution in [0.5, 0.6) is 0 Å². The van der Waals surface area contributed by atoms with Gasteiger partial charge in [0.05, 0.1) is 22.8 Å². The largest absolute Gasteiger partial charge is 0.497 e. The molecule has 1 fully saturated rings. The molecule has 2 aromatic rings. The lowest BCUT2D eigenvalue weighted by Crippen LogP contribution is -2.43. The van der Waals surface area contributed by atoms with Crippen molar-refractivity contribution < 1.29 is 4.74 Å². The molecule has 6 nitrogen and oxygen atoms in total. The van der Waals surface area contributed by atoms with Gasteiger partial charge in [0.2, 0.25) is 0 Å². The van der Waals surface area contributed by atoms with E-state index >= 15 is 0 Å². The fourth-order valence-electron chi connectivity index (χ4n) is 3.63. The number of likely N-dealkylation sites (tertiary alicyclic amines) is 1. The van der Waals surface area contributed by atoms with Crippen LogP contribution < -0.4 is 16.6 Å². The van der Waals surface area contributed by atoms with Crippen molar-refractivity contribution in [3.8, 4) is 0 Å². The average molecular weight is 449 g/mol. The van der Waals surface area contributed by atoms with E-state index in [2.05, 4.69) is 22.9 Å². The van der Waals surface area contributed by atoms with Crippen molar-refractivity contribution in [1.82, 2.24) is 14.8 Å². The lowest BCUT2D eigenvalue weighted by atomic mass is 10.1. The Morgan fingerprint density at radius 3 is 2.73 bits per heavy atom. The number of hydrogen-bond donors (Lipinski definition) is 2. The molecule has 3 N–H and O–H groups in total. The molecule has 8 heteroatoms. The molecule has 0 saturated carbocycles. The zero-order valence-electron chi connectivity index (χ0n) is 17.3. The number of methoxy groups -OCH3 is 1. The van der Waals surface area contributed by atoms with Crippen LogP contribution in [0.25, 0.3) is 6.08 Å². The summed E-state index contributed by atoms with van der Waals surface area (Å²) in [6.07, 6.45) is 5.53. The van der Waals surface area contributed by atoms with E-state index in [1.807, 2.05) is 6.07 Å². The summed E-state index contributed by atoms with van der Waals surface area (Å²) in [6, 6.07) is 7.68. The van der Waals surface area contributed by atoms with Crippen molar-refractivity contribution in [2.24, 2.45) is 0 Å². The predicted molar refractivity (Wildman–Crippen MR) is 126 cm³/mol. The number of ether oxygens (including phenoxy) is 1. The maximum Gasteiger partial charge on any atom is 0.251 e. The normalized spacial score (nSPS) is 16.0. The van der Waals surface area contributed by atoms with Gasteiger partial charge in [-0.2, -0.15) is 0 Å². The molecule has 0 bridgehead atoms. The van der Waals surface area contributed by atoms with Crippen molar-refractivity contribution in [2.75, 3.05) is 32.5 Å². The summed E-state index contributed by atoms with van der Waals surface area (Å²) in [5.41, 5.74) is 7.27. The van der Waals surface area contributed by atoms with E-state index < -0.39 is 0 Å². The van der Waals surface area contributed by atoms with Crippen LogP contribution in [0.1, 0.15) is 23.4 Å². The molecule has 0 radical (unpaired) electrons. The van der Waals surface area contributed by atoms with Crippen LogP contribution in [0, 0.1) is 0 Å². The first-order valence-corrected chi connectivity index (χ1v) is 11.3. The molecule has 0 unspecified atom stereocenters. The van der Waals surface area contributed by atoms with E-state index in [-0.39, 0.29) is 5.56 Å². The van der Waals surface area contributed by atoms with Crippen LogP contribution in [-0.4, -0.2) is 42.3 Å². The van der Waals surface area contributed by atoms with E-state index in [1.54, 1.807) is 41.2 Å². The summed E-state index contributed by atoms with van der Waals surface area (Å²) in [5.74, 6) is 0.569. The minimum Gasteiger partial charge on any atom is -0.497 e. The number of thiophene rings is 1. The Kier molecular flexibility index (Phi) is 8.16. The lowest BCUT2D eigenvalue weighted by Gasteiger charge is -2.32. The standard InChI is InChI=1S/C22H29ClN4O2S/c1-3-17(29-2)14-20-19(24)5-7-22(28)27(20)13-12-26-10-8-16(9-11-26)25-15-18-4-6-21(23)30-18/h3-7,14,16,25H,1,8-13,15,24H2,2H3/b17-14+. The van der Waals surface area contributed by atoms with Crippen LogP contribution in [0.15, 0.2) is 47.5 Å². The second kappa shape index (κ2) is 10.8. The molecule has 3 rings (SSSR count). The first-order chi connectivity index (χ1) is 14.5. The molecule has 1 saturated heterocycles. The third-order valence-electron chi connectivity index (χ3n) is 5.40. The van der Waals surface area contributed by atoms with E-state index in [9.17, 15) is 4.79 Å². The van der Waals surface area contributed by atoms with Crippen molar-refractivity contribution in [2.45, 2.75) is 32.0 Å². The molecule has 0 atom stereocenters. The smallest absolute Gasteiger partial charge is 0.251 e. The maximum absolute atomic E-state index is 12.5. The van der Waals surface area contributed by atoms with Gasteiger partial charge >= 0.3 is 0 Å². The van der Waals surface area contributed by atoms with Gasteiger partial charge in [0.25, 0.3) is 5.56 Å². The molecular formula is C22H29ClN4O2S. The van der Waals surface area contributed by atoms with E-state index in [1.165, 1.54) is 10.9 Å². The summed E-state index contributed by atoms with van der Waals surface area (Å²) in [7, 11) is 1.57. The number of nitrogens with zero attached hydrogens (tertiary/aromatic N) is 2. The van der Waals surface area contributed by atoms with Crippen molar-refractivity contribution in [3.63, 3.8) is 0 Å². The van der Waals surface area contributed by atoms with Gasteiger partial charge in [0.1, 0.15) is 5.76 Å². The fraction of sp³-hybridized carbons (Fsp3) is 0.409. The Balaban J connectivity index is 1.55. The third kappa shape index (κ3) is 5.98. The molecule has 0 amide bonds. The monoisotopic (exact) mass is 448 g/mol. The molecule has 1 aliphatic rings. The number of pyridine rings is 1. The minimum absolute atomic E-state index is 0.0684. The lowest BCUT2D eigenvalue weighted by molar-refractivity contribution is 0.190. The van der Waals surface area contributed by atoms with Gasteiger partial charge in [-0.3, -0.25) is 4.79 Å². The highest BCUT2D eigenvalue weighted by Gasteiger charge is 2.19. The number of piperidine rings is 1. The quantitative estimate of drug-likeness (QED) is 0.453. The summed E-state index contributed by atoms with van der Waals surface area (Å²) < 4.78 is 7.81. The van der Waals surface area contributed by atoms with Gasteiger partial charge in [-0.15, -0.1) is 11.3 Å². The summed E-state index contributed by atoms with van der Waals surface area (Å²) in [5, 5.41) is 3.63. The van der Waals surface area contributed by atoms with Crippen LogP contribution in [0.2, 0.25) is 4.34 Å². The fourth-order valence-corrected chi connectivity index (χ4v) is 4.67. The van der Waals surface area contributed by atoms with Crippen molar-refractivity contribution in [3.05, 3.63) is 67.9 Å². The number of nitrogens with one attached hydrogen (secondary N) is 1. The topological polar surface area (TPSA) is 72.5 Å². The second-order valence-corrected chi connectivity index (χ2v) is 9.12. The molecule has 1 aliphatic heterocycles. The number of nitrogen functional groups attached to an aromatic ring is 1. The number of anilines is 1. The number of nitrogens with two attached hydrogens (primary N) is 1. The zero-order chi connectivity index (χ0) is 21.5. The average Bonchev–Trinajstić information content (AvgIpc) is 3.18. The van der Waals surface area contributed by atoms with Crippen molar-refractivity contribution >= 4 is 34.7 Å². The van der Waals surface area contributed by atoms with Crippen LogP contribution in [0.3, 0.4) is 0 Å². The molecule has 0 aromatic carbocycles. The Hall–Kier alpha value is -2.06. The number of allylic oxidation sites excluding steroid dienone is 1. The van der Waals surface area contributed by atoms with Gasteiger partial charge in [0.15, 0.2) is 0 Å². The van der Waals surface area contributed by atoms with E-state index in [0.29, 0.717) is 29.7 Å². The first-order valence-electron chi connectivity index (χ1n) is 10.1. The Morgan fingerprint density at radius 2 is 2.10 bits per heavy atom. The third-order valence-corrected chi connectivity index (χ3v) is 6.63. The van der Waals surface area contributed by atoms with Gasteiger partial charge < -0.3 is 25.3 Å². The van der Waals surface area contributed by atoms with Crippen molar-refractivity contribution in [1.29, 1.82) is 0 Å². The highest BCUT2D eigenvalue weighted by atomic mass is 35.5. The number of aromatic nitrogens is 1. The molecular weight excluding hydrogens is 420 g/mol. The van der Waals surface area contributed by atoms with Gasteiger partial charge in [-0.25, -0.2) is 0 Å². The molecule has 0 spiro atoms. The highest BCUT2D eigenvalue weighted by molar-refractivity contribution is 7.16. The number of halogens is 1. The Morgan fingerprint density at radius 1 is 1.33 bits per heavy atom. The molecule has 0 aliphatic carbocycles. The zero-order valence-corrected chi connectivity index (χ0v) is 18.8. The molecule has 30 heavy (non-hydrogen) atoms. The molecule has 2 aromatic heterocycles. The molecule has 162 valence electrons. The Bertz CT molecular complexity index is 945. The van der Waals surface area contributed by atoms with E-state index in [4.69, 9.17) is 22.1 Å². The van der Waals surface area contributed by atoms with Gasteiger partial charge in [0, 0.05) is 42.7 Å². The summed E-state index contributed by atoms with van der Waals surface area (Å²) in [4.78, 5) is 16.1. The number of hydrogen-bond acceptors (Lipinski definition) is 6. The summed E-state index contributed by atoms with van der Waals surface area (Å²) in [6.45, 7) is 7.97. The molecule has 3 heterocycles. The first kappa shape index (κ1) is 22.6. The Labute approximate surface area is 186 Å². The highest BCUT2D eigenvalue weighted by Crippen LogP contribution is 2.22. The SMILES string of the molecule is C=C/C(=C\c1c(N)ccc(=O)n1CCN1CCC(NCc2ccc(Cl)s2)CC1)OC. The van der Waals surface area contributed by atoms with Gasteiger partial charge in [-0.1, -0.05) is 18.2 Å². The number of rotatable bonds is 9.